The van der Waals surface area contributed by atoms with Crippen molar-refractivity contribution in [2.45, 2.75) is 57.7 Å². The Balaban J connectivity index is 4.06. The Morgan fingerprint density at radius 1 is 1.18 bits per heavy atom. The maximum Gasteiger partial charge on any atom is 0.234 e. The van der Waals surface area contributed by atoms with E-state index in [-0.39, 0.29) is 16.2 Å². The Hall–Kier alpha value is -0.220. The van der Waals surface area contributed by atoms with Crippen molar-refractivity contribution in [3.05, 3.63) is 0 Å². The number of hydrogen-bond acceptors (Lipinski definition) is 3. The molecule has 0 unspecified atom stereocenters. The van der Waals surface area contributed by atoms with Gasteiger partial charge in [-0.15, -0.1) is 0 Å². The van der Waals surface area contributed by atoms with E-state index in [1.54, 1.807) is 0 Å². The van der Waals surface area contributed by atoms with Crippen LogP contribution < -0.4 is 10.6 Å². The molecule has 0 aliphatic rings. The fraction of sp³-hybridized carbons (Fsp3) is 0.923. The standard InChI is InChI=1S/C13H28N2OS/c1-7-13(8-2,17-6)10-14-11(16)9-15-12(3,4)5/h15H,7-10H2,1-6H3,(H,14,16). The molecular formula is C13H28N2OS. The van der Waals surface area contributed by atoms with E-state index >= 15 is 0 Å². The van der Waals surface area contributed by atoms with Crippen LogP contribution in [0.15, 0.2) is 0 Å². The molecule has 3 nitrogen and oxygen atoms in total. The average Bonchev–Trinajstić information content (AvgIpc) is 2.28. The Morgan fingerprint density at radius 2 is 1.71 bits per heavy atom. The van der Waals surface area contributed by atoms with Crippen LogP contribution in [0.5, 0.6) is 0 Å². The van der Waals surface area contributed by atoms with E-state index in [0.717, 1.165) is 19.4 Å². The number of rotatable bonds is 7. The molecule has 0 bridgehead atoms. The van der Waals surface area contributed by atoms with Crippen molar-refractivity contribution < 1.29 is 4.79 Å². The lowest BCUT2D eigenvalue weighted by Crippen LogP contribution is -2.46. The zero-order valence-corrected chi connectivity index (χ0v) is 13.0. The molecule has 0 radical (unpaired) electrons. The van der Waals surface area contributed by atoms with Crippen molar-refractivity contribution in [2.24, 2.45) is 0 Å². The summed E-state index contributed by atoms with van der Waals surface area (Å²) < 4.78 is 0.192. The first-order valence-electron chi connectivity index (χ1n) is 6.35. The first-order chi connectivity index (χ1) is 7.78. The fourth-order valence-corrected chi connectivity index (χ4v) is 2.32. The van der Waals surface area contributed by atoms with Gasteiger partial charge in [0.25, 0.3) is 0 Å². The minimum Gasteiger partial charge on any atom is -0.354 e. The average molecular weight is 260 g/mol. The summed E-state index contributed by atoms with van der Waals surface area (Å²) in [4.78, 5) is 11.7. The van der Waals surface area contributed by atoms with Crippen molar-refractivity contribution in [2.75, 3.05) is 19.3 Å². The lowest BCUT2D eigenvalue weighted by atomic mass is 10.0. The van der Waals surface area contributed by atoms with Crippen LogP contribution in [0.25, 0.3) is 0 Å². The quantitative estimate of drug-likeness (QED) is 0.738. The van der Waals surface area contributed by atoms with Gasteiger partial charge in [0.1, 0.15) is 0 Å². The summed E-state index contributed by atoms with van der Waals surface area (Å²) in [6, 6.07) is 0. The van der Waals surface area contributed by atoms with Crippen molar-refractivity contribution in [1.82, 2.24) is 10.6 Å². The van der Waals surface area contributed by atoms with Gasteiger partial charge in [0.05, 0.1) is 6.54 Å². The maximum absolute atomic E-state index is 11.7. The largest absolute Gasteiger partial charge is 0.354 e. The van der Waals surface area contributed by atoms with Gasteiger partial charge in [-0.25, -0.2) is 0 Å². The van der Waals surface area contributed by atoms with Gasteiger partial charge in [-0.3, -0.25) is 4.79 Å². The monoisotopic (exact) mass is 260 g/mol. The highest BCUT2D eigenvalue weighted by Gasteiger charge is 2.25. The van der Waals surface area contributed by atoms with Gasteiger partial charge in [-0.05, 0) is 39.9 Å². The second-order valence-corrected chi connectivity index (χ2v) is 6.75. The number of carbonyl (C=O) groups is 1. The molecule has 0 spiro atoms. The van der Waals surface area contributed by atoms with E-state index < -0.39 is 0 Å². The van der Waals surface area contributed by atoms with Crippen LogP contribution in [-0.2, 0) is 4.79 Å². The van der Waals surface area contributed by atoms with Gasteiger partial charge in [-0.2, -0.15) is 11.8 Å². The number of amides is 1. The van der Waals surface area contributed by atoms with Crippen LogP contribution in [0.2, 0.25) is 0 Å². The molecule has 4 heteroatoms. The molecule has 0 saturated heterocycles. The maximum atomic E-state index is 11.7. The molecule has 0 aliphatic carbocycles. The molecule has 0 fully saturated rings. The summed E-state index contributed by atoms with van der Waals surface area (Å²) in [7, 11) is 0. The third-order valence-electron chi connectivity index (χ3n) is 3.11. The summed E-state index contributed by atoms with van der Waals surface area (Å²) in [5.74, 6) is 0.0836. The summed E-state index contributed by atoms with van der Waals surface area (Å²) in [5, 5.41) is 6.22. The molecule has 2 N–H and O–H groups in total. The Kier molecular flexibility index (Phi) is 7.17. The number of carbonyl (C=O) groups excluding carboxylic acids is 1. The first kappa shape index (κ1) is 16.8. The summed E-state index contributed by atoms with van der Waals surface area (Å²) in [6.45, 7) is 11.7. The lowest BCUT2D eigenvalue weighted by Gasteiger charge is -2.30. The number of hydrogen-bond donors (Lipinski definition) is 2. The lowest BCUT2D eigenvalue weighted by molar-refractivity contribution is -0.120. The molecule has 0 aromatic carbocycles. The van der Waals surface area contributed by atoms with E-state index in [2.05, 4.69) is 51.5 Å². The highest BCUT2D eigenvalue weighted by molar-refractivity contribution is 8.00. The molecule has 0 heterocycles. The van der Waals surface area contributed by atoms with Crippen molar-refractivity contribution in [3.8, 4) is 0 Å². The highest BCUT2D eigenvalue weighted by atomic mass is 32.2. The molecule has 1 amide bonds. The third kappa shape index (κ3) is 6.94. The normalized spacial score (nSPS) is 12.6. The predicted octanol–water partition coefficient (Wildman–Crippen LogP) is 2.41. The smallest absolute Gasteiger partial charge is 0.234 e. The van der Waals surface area contributed by atoms with Gasteiger partial charge in [0, 0.05) is 16.8 Å². The molecule has 102 valence electrons. The molecule has 0 rings (SSSR count). The molecule has 0 saturated carbocycles. The second-order valence-electron chi connectivity index (χ2n) is 5.47. The minimum atomic E-state index is -0.0105. The third-order valence-corrected chi connectivity index (χ3v) is 4.70. The van der Waals surface area contributed by atoms with E-state index in [4.69, 9.17) is 0 Å². The van der Waals surface area contributed by atoms with E-state index in [9.17, 15) is 4.79 Å². The fourth-order valence-electron chi connectivity index (χ4n) is 1.53. The van der Waals surface area contributed by atoms with Gasteiger partial charge in [0.2, 0.25) is 5.91 Å². The van der Waals surface area contributed by atoms with Crippen LogP contribution in [0, 0.1) is 0 Å². The Bertz CT molecular complexity index is 224. The molecular weight excluding hydrogens is 232 g/mol. The molecule has 0 aromatic rings. The van der Waals surface area contributed by atoms with Crippen molar-refractivity contribution in [3.63, 3.8) is 0 Å². The summed E-state index contributed by atoms with van der Waals surface area (Å²) in [5.41, 5.74) is -0.0105. The zero-order chi connectivity index (χ0) is 13.5. The number of nitrogens with one attached hydrogen (secondary N) is 2. The summed E-state index contributed by atoms with van der Waals surface area (Å²) >= 11 is 1.85. The number of thioether (sulfide) groups is 1. The molecule has 0 atom stereocenters. The Labute approximate surface area is 111 Å². The molecule has 0 aliphatic heterocycles. The van der Waals surface area contributed by atoms with Crippen molar-refractivity contribution >= 4 is 17.7 Å². The van der Waals surface area contributed by atoms with E-state index in [1.165, 1.54) is 0 Å². The molecule has 17 heavy (non-hydrogen) atoms. The van der Waals surface area contributed by atoms with Gasteiger partial charge >= 0.3 is 0 Å². The van der Waals surface area contributed by atoms with Crippen LogP contribution in [-0.4, -0.2) is 35.5 Å². The SMILES string of the molecule is CCC(CC)(CNC(=O)CNC(C)(C)C)SC. The van der Waals surface area contributed by atoms with Gasteiger partial charge in [0.15, 0.2) is 0 Å². The highest BCUT2D eigenvalue weighted by Crippen LogP contribution is 2.29. The van der Waals surface area contributed by atoms with E-state index in [0.29, 0.717) is 6.54 Å². The molecule has 0 aromatic heterocycles. The Morgan fingerprint density at radius 3 is 2.06 bits per heavy atom. The van der Waals surface area contributed by atoms with Crippen LogP contribution >= 0.6 is 11.8 Å². The second kappa shape index (κ2) is 7.27. The van der Waals surface area contributed by atoms with E-state index in [1.807, 2.05) is 11.8 Å². The van der Waals surface area contributed by atoms with Crippen LogP contribution in [0.4, 0.5) is 0 Å². The van der Waals surface area contributed by atoms with Gasteiger partial charge in [-0.1, -0.05) is 13.8 Å². The topological polar surface area (TPSA) is 41.1 Å². The van der Waals surface area contributed by atoms with Crippen LogP contribution in [0.3, 0.4) is 0 Å². The van der Waals surface area contributed by atoms with Gasteiger partial charge < -0.3 is 10.6 Å². The predicted molar refractivity (Wildman–Crippen MR) is 77.6 cm³/mol. The zero-order valence-electron chi connectivity index (χ0n) is 12.1. The van der Waals surface area contributed by atoms with Crippen LogP contribution in [0.1, 0.15) is 47.5 Å². The first-order valence-corrected chi connectivity index (χ1v) is 7.58. The summed E-state index contributed by atoms with van der Waals surface area (Å²) in [6.07, 6.45) is 4.28. The minimum absolute atomic E-state index is 0.0105. The van der Waals surface area contributed by atoms with Crippen molar-refractivity contribution in [1.29, 1.82) is 0 Å².